The van der Waals surface area contributed by atoms with Crippen LogP contribution in [0.15, 0.2) is 29.2 Å². The van der Waals surface area contributed by atoms with Gasteiger partial charge in [-0.25, -0.2) is 4.39 Å². The van der Waals surface area contributed by atoms with Gasteiger partial charge in [-0.05, 0) is 31.0 Å². The van der Waals surface area contributed by atoms with Gasteiger partial charge < -0.3 is 5.11 Å². The maximum absolute atomic E-state index is 13.1. The smallest absolute Gasteiger partial charge is 0.307 e. The summed E-state index contributed by atoms with van der Waals surface area (Å²) in [5.41, 5.74) is 0. The first-order chi connectivity index (χ1) is 8.66. The lowest BCUT2D eigenvalue weighted by Crippen LogP contribution is -2.24. The van der Waals surface area contributed by atoms with Crippen LogP contribution in [-0.4, -0.2) is 16.3 Å². The van der Waals surface area contributed by atoms with Crippen molar-refractivity contribution in [3.63, 3.8) is 0 Å². The number of hydrogen-bond acceptors (Lipinski definition) is 2. The van der Waals surface area contributed by atoms with Gasteiger partial charge in [-0.3, -0.25) is 4.79 Å². The summed E-state index contributed by atoms with van der Waals surface area (Å²) >= 11 is 1.51. The van der Waals surface area contributed by atoms with Crippen LogP contribution in [0.2, 0.25) is 0 Å². The second-order valence-corrected chi connectivity index (χ2v) is 6.01. The van der Waals surface area contributed by atoms with Crippen molar-refractivity contribution >= 4 is 17.7 Å². The van der Waals surface area contributed by atoms with Gasteiger partial charge in [0.25, 0.3) is 0 Å². The Morgan fingerprint density at radius 1 is 1.28 bits per heavy atom. The second kappa shape index (κ2) is 6.23. The highest BCUT2D eigenvalue weighted by Crippen LogP contribution is 2.36. The van der Waals surface area contributed by atoms with Gasteiger partial charge in [0.05, 0.1) is 5.92 Å². The first-order valence-corrected chi connectivity index (χ1v) is 7.20. The molecule has 1 aromatic rings. The second-order valence-electron chi connectivity index (χ2n) is 4.70. The van der Waals surface area contributed by atoms with Gasteiger partial charge >= 0.3 is 5.97 Å². The molecule has 2 rings (SSSR count). The van der Waals surface area contributed by atoms with Crippen LogP contribution in [0.4, 0.5) is 4.39 Å². The fourth-order valence-corrected chi connectivity index (χ4v) is 3.80. The molecule has 1 saturated carbocycles. The number of aliphatic carboxylic acids is 1. The van der Waals surface area contributed by atoms with E-state index in [0.29, 0.717) is 0 Å². The van der Waals surface area contributed by atoms with Gasteiger partial charge in [0.1, 0.15) is 5.82 Å². The molecule has 0 saturated heterocycles. The summed E-state index contributed by atoms with van der Waals surface area (Å²) in [4.78, 5) is 12.1. The molecule has 0 bridgehead atoms. The van der Waals surface area contributed by atoms with Crippen molar-refractivity contribution in [3.8, 4) is 0 Å². The minimum atomic E-state index is -0.717. The Hall–Kier alpha value is -1.03. The fourth-order valence-electron chi connectivity index (χ4n) is 2.41. The zero-order chi connectivity index (χ0) is 13.0. The van der Waals surface area contributed by atoms with Crippen LogP contribution >= 0.6 is 11.8 Å². The molecular formula is C14H17FO2S. The maximum atomic E-state index is 13.1. The Morgan fingerprint density at radius 3 is 2.78 bits per heavy atom. The number of carboxylic acid groups (broad SMARTS) is 1. The van der Waals surface area contributed by atoms with Crippen molar-refractivity contribution in [2.75, 3.05) is 0 Å². The van der Waals surface area contributed by atoms with Crippen LogP contribution in [0, 0.1) is 11.7 Å². The van der Waals surface area contributed by atoms with Crippen LogP contribution in [0.5, 0.6) is 0 Å². The Bertz CT molecular complexity index is 422. The Labute approximate surface area is 111 Å². The SMILES string of the molecule is O=C(O)C1CCCCCC1Sc1cccc(F)c1. The van der Waals surface area contributed by atoms with Gasteiger partial charge in [0.15, 0.2) is 0 Å². The molecule has 0 aromatic heterocycles. The topological polar surface area (TPSA) is 37.3 Å². The van der Waals surface area contributed by atoms with Gasteiger partial charge in [-0.15, -0.1) is 11.8 Å². The van der Waals surface area contributed by atoms with E-state index in [1.807, 2.05) is 6.07 Å². The fraction of sp³-hybridized carbons (Fsp3) is 0.500. The zero-order valence-corrected chi connectivity index (χ0v) is 11.0. The molecule has 2 nitrogen and oxygen atoms in total. The molecule has 0 amide bonds. The highest BCUT2D eigenvalue weighted by molar-refractivity contribution is 8.00. The molecule has 1 aliphatic carbocycles. The Balaban J connectivity index is 2.11. The van der Waals surface area contributed by atoms with Crippen molar-refractivity contribution in [3.05, 3.63) is 30.1 Å². The molecule has 98 valence electrons. The average molecular weight is 268 g/mol. The summed E-state index contributed by atoms with van der Waals surface area (Å²) in [6.45, 7) is 0. The Morgan fingerprint density at radius 2 is 2.06 bits per heavy atom. The predicted molar refractivity (Wildman–Crippen MR) is 70.3 cm³/mol. The third kappa shape index (κ3) is 3.48. The summed E-state index contributed by atoms with van der Waals surface area (Å²) in [7, 11) is 0. The lowest BCUT2D eigenvalue weighted by Gasteiger charge is -2.20. The molecule has 0 heterocycles. The summed E-state index contributed by atoms with van der Waals surface area (Å²) in [6, 6.07) is 6.40. The van der Waals surface area contributed by atoms with Gasteiger partial charge in [0.2, 0.25) is 0 Å². The minimum Gasteiger partial charge on any atom is -0.481 e. The number of thioether (sulfide) groups is 1. The van der Waals surface area contributed by atoms with E-state index in [4.69, 9.17) is 0 Å². The van der Waals surface area contributed by atoms with Crippen molar-refractivity contribution in [2.45, 2.75) is 42.2 Å². The number of hydrogen-bond donors (Lipinski definition) is 1. The lowest BCUT2D eigenvalue weighted by atomic mass is 10.0. The van der Waals surface area contributed by atoms with E-state index in [0.717, 1.165) is 37.0 Å². The van der Waals surface area contributed by atoms with Gasteiger partial charge in [-0.1, -0.05) is 25.3 Å². The third-order valence-electron chi connectivity index (χ3n) is 3.35. The highest BCUT2D eigenvalue weighted by Gasteiger charge is 2.30. The summed E-state index contributed by atoms with van der Waals surface area (Å²) in [6.07, 6.45) is 4.79. The van der Waals surface area contributed by atoms with Crippen molar-refractivity contribution < 1.29 is 14.3 Å². The maximum Gasteiger partial charge on any atom is 0.307 e. The predicted octanol–water partition coefficient (Wildman–Crippen LogP) is 3.95. The normalized spacial score (nSPS) is 24.5. The molecule has 1 aromatic carbocycles. The summed E-state index contributed by atoms with van der Waals surface area (Å²) < 4.78 is 13.1. The molecule has 4 heteroatoms. The van der Waals surface area contributed by atoms with E-state index in [2.05, 4.69) is 0 Å². The first-order valence-electron chi connectivity index (χ1n) is 6.32. The monoisotopic (exact) mass is 268 g/mol. The standard InChI is InChI=1S/C14H17FO2S/c15-10-5-4-6-11(9-10)18-13-8-3-1-2-7-12(13)14(16)17/h4-6,9,12-13H,1-3,7-8H2,(H,16,17). The molecule has 0 radical (unpaired) electrons. The third-order valence-corrected chi connectivity index (χ3v) is 4.75. The van der Waals surface area contributed by atoms with Crippen LogP contribution in [0.25, 0.3) is 0 Å². The quantitative estimate of drug-likeness (QED) is 0.843. The van der Waals surface area contributed by atoms with E-state index in [9.17, 15) is 14.3 Å². The largest absolute Gasteiger partial charge is 0.481 e. The van der Waals surface area contributed by atoms with E-state index >= 15 is 0 Å². The molecule has 0 aliphatic heterocycles. The molecule has 1 aliphatic rings. The van der Waals surface area contributed by atoms with Crippen LogP contribution in [0.1, 0.15) is 32.1 Å². The number of halogens is 1. The van der Waals surface area contributed by atoms with E-state index in [1.54, 1.807) is 6.07 Å². The van der Waals surface area contributed by atoms with Crippen LogP contribution < -0.4 is 0 Å². The summed E-state index contributed by atoms with van der Waals surface area (Å²) in [5, 5.41) is 9.34. The summed E-state index contributed by atoms with van der Waals surface area (Å²) in [5.74, 6) is -1.29. The molecule has 1 fully saturated rings. The molecule has 0 spiro atoms. The van der Waals surface area contributed by atoms with E-state index in [-0.39, 0.29) is 17.0 Å². The molecule has 1 N–H and O–H groups in total. The van der Waals surface area contributed by atoms with E-state index in [1.165, 1.54) is 23.9 Å². The number of benzene rings is 1. The average Bonchev–Trinajstić information content (AvgIpc) is 2.54. The van der Waals surface area contributed by atoms with Crippen molar-refractivity contribution in [1.29, 1.82) is 0 Å². The van der Waals surface area contributed by atoms with Crippen LogP contribution in [0.3, 0.4) is 0 Å². The van der Waals surface area contributed by atoms with Crippen LogP contribution in [-0.2, 0) is 4.79 Å². The van der Waals surface area contributed by atoms with E-state index < -0.39 is 5.97 Å². The van der Waals surface area contributed by atoms with Gasteiger partial charge in [0, 0.05) is 10.1 Å². The highest BCUT2D eigenvalue weighted by atomic mass is 32.2. The first kappa shape index (κ1) is 13.4. The Kier molecular flexibility index (Phi) is 4.64. The number of rotatable bonds is 3. The van der Waals surface area contributed by atoms with Crippen molar-refractivity contribution in [2.24, 2.45) is 5.92 Å². The molecular weight excluding hydrogens is 251 g/mol. The zero-order valence-electron chi connectivity index (χ0n) is 10.1. The lowest BCUT2D eigenvalue weighted by molar-refractivity contribution is -0.141. The molecule has 2 atom stereocenters. The number of carbonyl (C=O) groups is 1. The molecule has 18 heavy (non-hydrogen) atoms. The minimum absolute atomic E-state index is 0.0619. The van der Waals surface area contributed by atoms with Gasteiger partial charge in [-0.2, -0.15) is 0 Å². The molecule has 2 unspecified atom stereocenters. The number of carboxylic acids is 1. The van der Waals surface area contributed by atoms with Crippen molar-refractivity contribution in [1.82, 2.24) is 0 Å².